The molecule has 0 spiro atoms. The Morgan fingerprint density at radius 1 is 1.11 bits per heavy atom. The minimum atomic E-state index is 0.656. The smallest absolute Gasteiger partial charge is 0.116 e. The van der Waals surface area contributed by atoms with E-state index >= 15 is 0 Å². The van der Waals surface area contributed by atoms with Gasteiger partial charge in [0.05, 0.1) is 6.20 Å². The van der Waals surface area contributed by atoms with E-state index in [1.807, 2.05) is 24.8 Å². The molecule has 1 aliphatic carbocycles. The van der Waals surface area contributed by atoms with Crippen molar-refractivity contribution in [2.75, 3.05) is 0 Å². The Bertz CT molecular complexity index is 675. The second-order valence-corrected chi connectivity index (χ2v) is 4.96. The van der Waals surface area contributed by atoms with Gasteiger partial charge in [-0.2, -0.15) is 5.10 Å². The second-order valence-electron chi connectivity index (χ2n) is 4.96. The van der Waals surface area contributed by atoms with Crippen LogP contribution in [0.15, 0.2) is 49.1 Å². The number of hydrogen-bond acceptors (Lipinski definition) is 2. The number of aromatic amines is 1. The first-order valence-corrected chi connectivity index (χ1v) is 6.54. The Morgan fingerprint density at radius 3 is 2.63 bits per heavy atom. The maximum absolute atomic E-state index is 4.47. The van der Waals surface area contributed by atoms with E-state index in [2.05, 4.69) is 44.0 Å². The number of benzene rings is 1. The molecule has 0 bridgehead atoms. The molecule has 2 aromatic heterocycles. The highest BCUT2D eigenvalue weighted by atomic mass is 15.1. The molecule has 4 nitrogen and oxygen atoms in total. The topological polar surface area (TPSA) is 46.5 Å². The van der Waals surface area contributed by atoms with Gasteiger partial charge in [-0.1, -0.05) is 12.1 Å². The van der Waals surface area contributed by atoms with Crippen LogP contribution >= 0.6 is 0 Å². The molecule has 0 radical (unpaired) electrons. The third-order valence-corrected chi connectivity index (χ3v) is 3.59. The SMILES string of the molecule is c1cn(-c2ccc(-c3cn[nH]c3)cc2)c(C2CC2)n1. The van der Waals surface area contributed by atoms with Crippen LogP contribution in [0.2, 0.25) is 0 Å². The molecular formula is C15H14N4. The van der Waals surface area contributed by atoms with Crippen LogP contribution < -0.4 is 0 Å². The number of rotatable bonds is 3. The molecule has 19 heavy (non-hydrogen) atoms. The molecule has 2 heterocycles. The van der Waals surface area contributed by atoms with Crippen LogP contribution in [-0.4, -0.2) is 19.7 Å². The summed E-state index contributed by atoms with van der Waals surface area (Å²) in [7, 11) is 0. The Balaban J connectivity index is 1.70. The van der Waals surface area contributed by atoms with Crippen molar-refractivity contribution in [1.82, 2.24) is 19.7 Å². The number of nitrogens with zero attached hydrogens (tertiary/aromatic N) is 3. The molecular weight excluding hydrogens is 236 g/mol. The predicted octanol–water partition coefficient (Wildman–Crippen LogP) is 3.14. The molecule has 1 aromatic carbocycles. The highest BCUT2D eigenvalue weighted by Crippen LogP contribution is 2.39. The lowest BCUT2D eigenvalue weighted by Crippen LogP contribution is -1.98. The molecule has 4 heteroatoms. The fourth-order valence-electron chi connectivity index (χ4n) is 2.40. The standard InChI is InChI=1S/C15H14N4/c1-2-12(1)15-16-7-8-19(15)14-5-3-11(4-6-14)13-9-17-18-10-13/h3-10,12H,1-2H2,(H,17,18). The highest BCUT2D eigenvalue weighted by molar-refractivity contribution is 5.63. The van der Waals surface area contributed by atoms with Crippen LogP contribution in [0.3, 0.4) is 0 Å². The fourth-order valence-corrected chi connectivity index (χ4v) is 2.40. The van der Waals surface area contributed by atoms with Crippen molar-refractivity contribution in [3.8, 4) is 16.8 Å². The van der Waals surface area contributed by atoms with Crippen LogP contribution in [0.4, 0.5) is 0 Å². The third-order valence-electron chi connectivity index (χ3n) is 3.59. The number of H-pyrrole nitrogens is 1. The Hall–Kier alpha value is -2.36. The number of nitrogens with one attached hydrogen (secondary N) is 1. The maximum Gasteiger partial charge on any atom is 0.116 e. The Kier molecular flexibility index (Phi) is 2.27. The fraction of sp³-hybridized carbons (Fsp3) is 0.200. The first-order chi connectivity index (χ1) is 9.42. The van der Waals surface area contributed by atoms with Gasteiger partial charge in [-0.05, 0) is 30.5 Å². The van der Waals surface area contributed by atoms with Crippen LogP contribution in [0.1, 0.15) is 24.6 Å². The molecule has 1 aliphatic rings. The van der Waals surface area contributed by atoms with Crippen molar-refractivity contribution in [3.05, 3.63) is 54.9 Å². The van der Waals surface area contributed by atoms with Gasteiger partial charge in [0.25, 0.3) is 0 Å². The molecule has 3 aromatic rings. The van der Waals surface area contributed by atoms with Crippen molar-refractivity contribution >= 4 is 0 Å². The van der Waals surface area contributed by atoms with E-state index < -0.39 is 0 Å². The van der Waals surface area contributed by atoms with E-state index in [4.69, 9.17) is 0 Å². The molecule has 1 N–H and O–H groups in total. The van der Waals surface area contributed by atoms with Crippen molar-refractivity contribution in [1.29, 1.82) is 0 Å². The van der Waals surface area contributed by atoms with Gasteiger partial charge in [0.2, 0.25) is 0 Å². The molecule has 0 aliphatic heterocycles. The van der Waals surface area contributed by atoms with Gasteiger partial charge in [-0.3, -0.25) is 5.10 Å². The minimum Gasteiger partial charge on any atom is -0.304 e. The Morgan fingerprint density at radius 2 is 1.95 bits per heavy atom. The zero-order chi connectivity index (χ0) is 12.7. The van der Waals surface area contributed by atoms with E-state index in [0.29, 0.717) is 5.92 Å². The first kappa shape index (κ1) is 10.6. The summed E-state index contributed by atoms with van der Waals surface area (Å²) >= 11 is 0. The number of hydrogen-bond donors (Lipinski definition) is 1. The van der Waals surface area contributed by atoms with Gasteiger partial charge in [-0.25, -0.2) is 4.98 Å². The van der Waals surface area contributed by atoms with Gasteiger partial charge in [0.1, 0.15) is 5.82 Å². The maximum atomic E-state index is 4.47. The molecule has 0 unspecified atom stereocenters. The van der Waals surface area contributed by atoms with Crippen molar-refractivity contribution < 1.29 is 0 Å². The molecule has 0 saturated heterocycles. The molecule has 0 atom stereocenters. The normalized spacial score (nSPS) is 14.7. The molecule has 1 saturated carbocycles. The van der Waals surface area contributed by atoms with E-state index in [-0.39, 0.29) is 0 Å². The second kappa shape index (κ2) is 4.09. The summed E-state index contributed by atoms with van der Waals surface area (Å²) in [5, 5.41) is 6.81. The lowest BCUT2D eigenvalue weighted by molar-refractivity contribution is 0.880. The summed E-state index contributed by atoms with van der Waals surface area (Å²) in [4.78, 5) is 4.47. The molecule has 4 rings (SSSR count). The monoisotopic (exact) mass is 250 g/mol. The number of aromatic nitrogens is 4. The van der Waals surface area contributed by atoms with E-state index in [1.54, 1.807) is 0 Å². The molecule has 0 amide bonds. The van der Waals surface area contributed by atoms with E-state index in [9.17, 15) is 0 Å². The average molecular weight is 250 g/mol. The Labute approximate surface area is 111 Å². The lowest BCUT2D eigenvalue weighted by Gasteiger charge is -2.07. The number of imidazole rings is 1. The van der Waals surface area contributed by atoms with Gasteiger partial charge in [0, 0.05) is 35.8 Å². The van der Waals surface area contributed by atoms with Crippen LogP contribution in [-0.2, 0) is 0 Å². The molecule has 94 valence electrons. The summed E-state index contributed by atoms with van der Waals surface area (Å²) in [5.74, 6) is 1.85. The van der Waals surface area contributed by atoms with E-state index in [0.717, 1.165) is 5.56 Å². The van der Waals surface area contributed by atoms with Crippen LogP contribution in [0, 0.1) is 0 Å². The van der Waals surface area contributed by atoms with Crippen molar-refractivity contribution in [2.45, 2.75) is 18.8 Å². The predicted molar refractivity (Wildman–Crippen MR) is 73.1 cm³/mol. The zero-order valence-corrected chi connectivity index (χ0v) is 10.5. The summed E-state index contributed by atoms with van der Waals surface area (Å²) in [6.45, 7) is 0. The van der Waals surface area contributed by atoms with Gasteiger partial charge < -0.3 is 4.57 Å². The summed E-state index contributed by atoms with van der Waals surface area (Å²) in [6.07, 6.45) is 10.2. The van der Waals surface area contributed by atoms with Crippen molar-refractivity contribution in [2.24, 2.45) is 0 Å². The minimum absolute atomic E-state index is 0.656. The zero-order valence-electron chi connectivity index (χ0n) is 10.5. The summed E-state index contributed by atoms with van der Waals surface area (Å²) in [5.41, 5.74) is 3.46. The third kappa shape index (κ3) is 1.85. The van der Waals surface area contributed by atoms with Crippen LogP contribution in [0.25, 0.3) is 16.8 Å². The molecule has 1 fully saturated rings. The largest absolute Gasteiger partial charge is 0.304 e. The van der Waals surface area contributed by atoms with Crippen molar-refractivity contribution in [3.63, 3.8) is 0 Å². The summed E-state index contributed by atoms with van der Waals surface area (Å²) < 4.78 is 2.19. The lowest BCUT2D eigenvalue weighted by atomic mass is 10.1. The quantitative estimate of drug-likeness (QED) is 0.776. The van der Waals surface area contributed by atoms with Gasteiger partial charge in [0.15, 0.2) is 0 Å². The van der Waals surface area contributed by atoms with Gasteiger partial charge >= 0.3 is 0 Å². The highest BCUT2D eigenvalue weighted by Gasteiger charge is 2.28. The average Bonchev–Trinajstić information content (AvgIpc) is 2.96. The first-order valence-electron chi connectivity index (χ1n) is 6.54. The van der Waals surface area contributed by atoms with Gasteiger partial charge in [-0.15, -0.1) is 0 Å². The van der Waals surface area contributed by atoms with E-state index in [1.165, 1.54) is 29.9 Å². The van der Waals surface area contributed by atoms with Crippen LogP contribution in [0.5, 0.6) is 0 Å². The summed E-state index contributed by atoms with van der Waals surface area (Å²) in [6, 6.07) is 8.51.